The first kappa shape index (κ1) is 17.7. The van der Waals surface area contributed by atoms with Gasteiger partial charge in [-0.1, -0.05) is 26.0 Å². The first-order chi connectivity index (χ1) is 11.6. The van der Waals surface area contributed by atoms with E-state index in [0.717, 1.165) is 24.0 Å². The molecule has 0 aliphatic rings. The van der Waals surface area contributed by atoms with Crippen molar-refractivity contribution in [2.75, 3.05) is 14.2 Å². The molecule has 2 aromatic carbocycles. The lowest BCUT2D eigenvalue weighted by Crippen LogP contribution is -2.15. The van der Waals surface area contributed by atoms with E-state index in [1.54, 1.807) is 12.1 Å². The number of hydrogen-bond donors (Lipinski definition) is 0. The lowest BCUT2D eigenvalue weighted by atomic mass is 10.1. The molecule has 0 fully saturated rings. The summed E-state index contributed by atoms with van der Waals surface area (Å²) in [6.45, 7) is 4.08. The molecule has 0 aliphatic heterocycles. The number of carbonyl (C=O) groups is 1. The van der Waals surface area contributed by atoms with Gasteiger partial charge in [0.2, 0.25) is 0 Å². The maximum absolute atomic E-state index is 12.1. The van der Waals surface area contributed by atoms with Crippen LogP contribution in [-0.4, -0.2) is 20.4 Å². The van der Waals surface area contributed by atoms with Gasteiger partial charge in [0.25, 0.3) is 0 Å². The van der Waals surface area contributed by atoms with E-state index in [1.807, 2.05) is 38.1 Å². The van der Waals surface area contributed by atoms with Gasteiger partial charge < -0.3 is 18.9 Å². The number of rotatable bonds is 6. The molecule has 0 atom stereocenters. The van der Waals surface area contributed by atoms with E-state index in [4.69, 9.17) is 18.9 Å². The predicted octanol–water partition coefficient (Wildman–Crippen LogP) is 4.41. The van der Waals surface area contributed by atoms with Crippen LogP contribution in [0.15, 0.2) is 36.4 Å². The van der Waals surface area contributed by atoms with Crippen molar-refractivity contribution in [2.24, 2.45) is 0 Å². The third-order valence-electron chi connectivity index (χ3n) is 3.66. The smallest absolute Gasteiger partial charge is 0.493 e. The maximum Gasteiger partial charge on any atom is 0.519 e. The summed E-state index contributed by atoms with van der Waals surface area (Å²) < 4.78 is 21.0. The molecule has 5 nitrogen and oxygen atoms in total. The zero-order valence-corrected chi connectivity index (χ0v) is 14.4. The number of benzene rings is 2. The van der Waals surface area contributed by atoms with E-state index in [-0.39, 0.29) is 0 Å². The Hall–Kier alpha value is -2.69. The van der Waals surface area contributed by atoms with E-state index in [2.05, 4.69) is 0 Å². The Labute approximate surface area is 142 Å². The number of hydrogen-bond acceptors (Lipinski definition) is 5. The minimum atomic E-state index is -0.847. The lowest BCUT2D eigenvalue weighted by Gasteiger charge is -2.12. The maximum atomic E-state index is 12.1. The molecule has 0 bridgehead atoms. The van der Waals surface area contributed by atoms with Crippen LogP contribution in [0.1, 0.15) is 25.0 Å². The fourth-order valence-corrected chi connectivity index (χ4v) is 2.23. The van der Waals surface area contributed by atoms with Crippen molar-refractivity contribution in [3.8, 4) is 23.0 Å². The van der Waals surface area contributed by atoms with E-state index >= 15 is 0 Å². The van der Waals surface area contributed by atoms with E-state index in [1.165, 1.54) is 14.2 Å². The summed E-state index contributed by atoms with van der Waals surface area (Å²) in [5.41, 5.74) is 2.17. The summed E-state index contributed by atoms with van der Waals surface area (Å²) in [7, 11) is 3.05. The van der Waals surface area contributed by atoms with Crippen molar-refractivity contribution in [1.29, 1.82) is 0 Å². The number of aryl methyl sites for hydroxylation is 2. The minimum absolute atomic E-state index is 0.309. The topological polar surface area (TPSA) is 54.0 Å². The van der Waals surface area contributed by atoms with Gasteiger partial charge in [-0.2, -0.15) is 0 Å². The number of carbonyl (C=O) groups excluding carboxylic acids is 1. The molecule has 0 spiro atoms. The van der Waals surface area contributed by atoms with Crippen molar-refractivity contribution < 1.29 is 23.7 Å². The highest BCUT2D eigenvalue weighted by Gasteiger charge is 2.15. The highest BCUT2D eigenvalue weighted by molar-refractivity contribution is 5.69. The van der Waals surface area contributed by atoms with Gasteiger partial charge in [0.05, 0.1) is 14.2 Å². The molecule has 0 aliphatic carbocycles. The first-order valence-electron chi connectivity index (χ1n) is 7.84. The van der Waals surface area contributed by atoms with Crippen molar-refractivity contribution in [3.63, 3.8) is 0 Å². The predicted molar refractivity (Wildman–Crippen MR) is 91.4 cm³/mol. The standard InChI is InChI=1S/C19H22O5/c1-5-13-7-9-15(17(11-13)21-3)23-19(20)24-16-10-8-14(6-2)12-18(16)22-4/h7-12H,5-6H2,1-4H3. The van der Waals surface area contributed by atoms with Gasteiger partial charge in [0.15, 0.2) is 23.0 Å². The van der Waals surface area contributed by atoms with Crippen LogP contribution in [0.2, 0.25) is 0 Å². The fourth-order valence-electron chi connectivity index (χ4n) is 2.23. The molecule has 2 rings (SSSR count). The van der Waals surface area contributed by atoms with Crippen molar-refractivity contribution in [1.82, 2.24) is 0 Å². The van der Waals surface area contributed by atoms with Crippen LogP contribution in [0.3, 0.4) is 0 Å². The van der Waals surface area contributed by atoms with Gasteiger partial charge in [-0.3, -0.25) is 0 Å². The minimum Gasteiger partial charge on any atom is -0.493 e. The van der Waals surface area contributed by atoms with E-state index < -0.39 is 6.16 Å². The van der Waals surface area contributed by atoms with Crippen molar-refractivity contribution >= 4 is 6.16 Å². The summed E-state index contributed by atoms with van der Waals surface area (Å²) >= 11 is 0. The van der Waals surface area contributed by atoms with Crippen LogP contribution in [0, 0.1) is 0 Å². The summed E-state index contributed by atoms with van der Waals surface area (Å²) in [6, 6.07) is 10.8. The monoisotopic (exact) mass is 330 g/mol. The van der Waals surface area contributed by atoms with E-state index in [9.17, 15) is 4.79 Å². The molecule has 0 amide bonds. The lowest BCUT2D eigenvalue weighted by molar-refractivity contribution is 0.148. The molecular weight excluding hydrogens is 308 g/mol. The molecule has 0 N–H and O–H groups in total. The highest BCUT2D eigenvalue weighted by atomic mass is 16.7. The van der Waals surface area contributed by atoms with Crippen LogP contribution >= 0.6 is 0 Å². The van der Waals surface area contributed by atoms with Crippen molar-refractivity contribution in [3.05, 3.63) is 47.5 Å². The molecule has 0 aromatic heterocycles. The number of methoxy groups -OCH3 is 2. The summed E-state index contributed by atoms with van der Waals surface area (Å²) in [4.78, 5) is 12.1. The van der Waals surface area contributed by atoms with E-state index in [0.29, 0.717) is 23.0 Å². The molecule has 2 aromatic rings. The quantitative estimate of drug-likeness (QED) is 0.580. The Balaban J connectivity index is 2.14. The number of ether oxygens (including phenoxy) is 4. The van der Waals surface area contributed by atoms with Crippen LogP contribution < -0.4 is 18.9 Å². The Morgan fingerprint density at radius 3 is 1.50 bits per heavy atom. The fraction of sp³-hybridized carbons (Fsp3) is 0.316. The molecule has 5 heteroatoms. The zero-order valence-electron chi connectivity index (χ0n) is 14.4. The second kappa shape index (κ2) is 8.24. The Bertz CT molecular complexity index is 649. The van der Waals surface area contributed by atoms with Gasteiger partial charge in [0, 0.05) is 0 Å². The molecule has 0 saturated heterocycles. The summed E-state index contributed by atoms with van der Waals surface area (Å²) in [6.07, 6.45) is 0.879. The average Bonchev–Trinajstić information content (AvgIpc) is 2.62. The van der Waals surface area contributed by atoms with Crippen LogP contribution in [0.5, 0.6) is 23.0 Å². The van der Waals surface area contributed by atoms with Gasteiger partial charge in [0.1, 0.15) is 0 Å². The SMILES string of the molecule is CCc1ccc(OC(=O)Oc2ccc(CC)cc2OC)c(OC)c1. The van der Waals surface area contributed by atoms with Crippen LogP contribution in [-0.2, 0) is 12.8 Å². The third-order valence-corrected chi connectivity index (χ3v) is 3.66. The first-order valence-corrected chi connectivity index (χ1v) is 7.84. The Morgan fingerprint density at radius 2 is 1.17 bits per heavy atom. The third kappa shape index (κ3) is 4.19. The zero-order chi connectivity index (χ0) is 17.5. The normalized spacial score (nSPS) is 10.2. The molecule has 0 radical (unpaired) electrons. The molecule has 0 saturated carbocycles. The Kier molecular flexibility index (Phi) is 6.07. The molecule has 128 valence electrons. The van der Waals surface area contributed by atoms with Gasteiger partial charge in [-0.25, -0.2) is 4.79 Å². The summed E-state index contributed by atoms with van der Waals surface area (Å²) in [5.74, 6) is 1.59. The second-order valence-electron chi connectivity index (χ2n) is 5.13. The van der Waals surface area contributed by atoms with Crippen molar-refractivity contribution in [2.45, 2.75) is 26.7 Å². The molecular formula is C19H22O5. The van der Waals surface area contributed by atoms with Gasteiger partial charge in [-0.15, -0.1) is 0 Å². The molecule has 24 heavy (non-hydrogen) atoms. The Morgan fingerprint density at radius 1 is 0.750 bits per heavy atom. The second-order valence-corrected chi connectivity index (χ2v) is 5.13. The largest absolute Gasteiger partial charge is 0.519 e. The van der Waals surface area contributed by atoms with Gasteiger partial charge in [-0.05, 0) is 48.2 Å². The molecule has 0 heterocycles. The summed E-state index contributed by atoms with van der Waals surface area (Å²) in [5, 5.41) is 0. The van der Waals surface area contributed by atoms with Crippen LogP contribution in [0.25, 0.3) is 0 Å². The molecule has 0 unspecified atom stereocenters. The van der Waals surface area contributed by atoms with Gasteiger partial charge >= 0.3 is 6.16 Å². The highest BCUT2D eigenvalue weighted by Crippen LogP contribution is 2.31. The average molecular weight is 330 g/mol. The van der Waals surface area contributed by atoms with Crippen LogP contribution in [0.4, 0.5) is 4.79 Å².